The summed E-state index contributed by atoms with van der Waals surface area (Å²) in [4.78, 5) is 22.3. The molecule has 1 heterocycles. The molecule has 0 aliphatic carbocycles. The summed E-state index contributed by atoms with van der Waals surface area (Å²) in [6.45, 7) is 6.34. The van der Waals surface area contributed by atoms with Crippen molar-refractivity contribution in [2.75, 3.05) is 0 Å². The van der Waals surface area contributed by atoms with E-state index in [9.17, 15) is 14.9 Å². The van der Waals surface area contributed by atoms with Crippen LogP contribution in [0.3, 0.4) is 0 Å². The largest absolute Gasteiger partial charge is 0.334 e. The third kappa shape index (κ3) is 3.18. The predicted octanol–water partition coefficient (Wildman–Crippen LogP) is 3.24. The predicted molar refractivity (Wildman–Crippen MR) is 81.7 cm³/mol. The van der Waals surface area contributed by atoms with Gasteiger partial charge in [-0.25, -0.2) is 0 Å². The lowest BCUT2D eigenvalue weighted by Crippen LogP contribution is -2.24. The minimum Gasteiger partial charge on any atom is -0.303 e. The minimum absolute atomic E-state index is 0.338. The highest BCUT2D eigenvalue weighted by atomic mass is 16.6. The molecule has 21 heavy (non-hydrogen) atoms. The molecule has 0 saturated carbocycles. The van der Waals surface area contributed by atoms with Gasteiger partial charge in [0.15, 0.2) is 0 Å². The molecule has 1 aromatic heterocycles. The Morgan fingerprint density at radius 3 is 2.29 bits per heavy atom. The second-order valence-corrected chi connectivity index (χ2v) is 5.40. The van der Waals surface area contributed by atoms with Crippen molar-refractivity contribution in [1.29, 1.82) is 0 Å². The van der Waals surface area contributed by atoms with Crippen molar-refractivity contribution in [3.8, 4) is 0 Å². The zero-order valence-corrected chi connectivity index (χ0v) is 12.4. The van der Waals surface area contributed by atoms with Crippen molar-refractivity contribution in [2.24, 2.45) is 0 Å². The average Bonchev–Trinajstić information content (AvgIpc) is 2.43. The molecule has 0 aliphatic heterocycles. The highest BCUT2D eigenvalue weighted by Crippen LogP contribution is 2.15. The quantitative estimate of drug-likeness (QED) is 0.640. The Balaban J connectivity index is 2.37. The van der Waals surface area contributed by atoms with Crippen molar-refractivity contribution in [3.63, 3.8) is 0 Å². The van der Waals surface area contributed by atoms with E-state index in [1.807, 2.05) is 24.3 Å². The van der Waals surface area contributed by atoms with E-state index in [4.69, 9.17) is 0 Å². The molecule has 0 atom stereocenters. The van der Waals surface area contributed by atoms with Gasteiger partial charge in [-0.3, -0.25) is 14.9 Å². The molecule has 2 aromatic rings. The molecule has 1 aromatic carbocycles. The zero-order chi connectivity index (χ0) is 15.6. The normalized spacial score (nSPS) is 10.9. The Morgan fingerprint density at radius 2 is 1.76 bits per heavy atom. The van der Waals surface area contributed by atoms with Crippen molar-refractivity contribution < 1.29 is 4.92 Å². The molecule has 5 heteroatoms. The van der Waals surface area contributed by atoms with Crippen LogP contribution in [-0.2, 0) is 6.54 Å². The van der Waals surface area contributed by atoms with Gasteiger partial charge < -0.3 is 4.57 Å². The molecule has 0 radical (unpaired) electrons. The Kier molecular flexibility index (Phi) is 4.21. The van der Waals surface area contributed by atoms with E-state index in [-0.39, 0.29) is 5.69 Å². The molecule has 0 fully saturated rings. The molecular weight excluding hydrogens is 268 g/mol. The van der Waals surface area contributed by atoms with Gasteiger partial charge in [0.05, 0.1) is 11.5 Å². The lowest BCUT2D eigenvalue weighted by atomic mass is 10.0. The van der Waals surface area contributed by atoms with Crippen LogP contribution in [0.2, 0.25) is 0 Å². The molecule has 0 saturated heterocycles. The first kappa shape index (κ1) is 15.0. The van der Waals surface area contributed by atoms with Gasteiger partial charge >= 0.3 is 11.2 Å². The molecule has 0 spiro atoms. The van der Waals surface area contributed by atoms with Crippen LogP contribution in [0.4, 0.5) is 5.69 Å². The summed E-state index contributed by atoms with van der Waals surface area (Å²) in [6.07, 6.45) is 0. The van der Waals surface area contributed by atoms with Gasteiger partial charge in [-0.1, -0.05) is 38.1 Å². The van der Waals surface area contributed by atoms with Crippen LogP contribution in [-0.4, -0.2) is 9.49 Å². The van der Waals surface area contributed by atoms with Crippen LogP contribution in [0.25, 0.3) is 0 Å². The van der Waals surface area contributed by atoms with E-state index in [1.165, 1.54) is 16.2 Å². The third-order valence-electron chi connectivity index (χ3n) is 3.56. The average molecular weight is 286 g/mol. The van der Waals surface area contributed by atoms with Gasteiger partial charge in [0.1, 0.15) is 0 Å². The van der Waals surface area contributed by atoms with Crippen molar-refractivity contribution in [3.05, 3.63) is 73.7 Å². The topological polar surface area (TPSA) is 65.1 Å². The first-order valence-electron chi connectivity index (χ1n) is 6.84. The Morgan fingerprint density at radius 1 is 1.14 bits per heavy atom. The first-order valence-corrected chi connectivity index (χ1v) is 6.84. The Labute approximate surface area is 123 Å². The van der Waals surface area contributed by atoms with Crippen LogP contribution in [0.1, 0.15) is 36.6 Å². The van der Waals surface area contributed by atoms with Gasteiger partial charge in [0, 0.05) is 11.8 Å². The maximum absolute atomic E-state index is 12.1. The second kappa shape index (κ2) is 5.91. The zero-order valence-electron chi connectivity index (χ0n) is 12.4. The second-order valence-electron chi connectivity index (χ2n) is 5.40. The summed E-state index contributed by atoms with van der Waals surface area (Å²) in [5.41, 5.74) is 1.93. The molecule has 0 amide bonds. The monoisotopic (exact) mass is 286 g/mol. The van der Waals surface area contributed by atoms with Crippen LogP contribution in [0, 0.1) is 17.0 Å². The standard InChI is InChI=1S/C16H18N2O3/c1-11(2)14-7-5-13(6-8-14)10-17-12(3)4-9-15(16(17)19)18(20)21/h4-9,11H,10H2,1-3H3. The highest BCUT2D eigenvalue weighted by molar-refractivity contribution is 5.30. The van der Waals surface area contributed by atoms with Gasteiger partial charge in [0.2, 0.25) is 0 Å². The fourth-order valence-corrected chi connectivity index (χ4v) is 2.19. The number of hydrogen-bond acceptors (Lipinski definition) is 3. The molecule has 0 bridgehead atoms. The van der Waals surface area contributed by atoms with Crippen molar-refractivity contribution in [2.45, 2.75) is 33.2 Å². The number of aryl methyl sites for hydroxylation is 1. The summed E-state index contributed by atoms with van der Waals surface area (Å²) in [5, 5.41) is 10.8. The van der Waals surface area contributed by atoms with Crippen LogP contribution in [0.5, 0.6) is 0 Å². The number of nitrogens with zero attached hydrogens (tertiary/aromatic N) is 2. The van der Waals surface area contributed by atoms with E-state index in [2.05, 4.69) is 13.8 Å². The minimum atomic E-state index is -0.639. The van der Waals surface area contributed by atoms with Crippen LogP contribution < -0.4 is 5.56 Å². The van der Waals surface area contributed by atoms with Crippen LogP contribution in [0.15, 0.2) is 41.2 Å². The lowest BCUT2D eigenvalue weighted by Gasteiger charge is -2.11. The van der Waals surface area contributed by atoms with Gasteiger partial charge in [0.25, 0.3) is 0 Å². The molecule has 0 N–H and O–H groups in total. The summed E-state index contributed by atoms with van der Waals surface area (Å²) < 4.78 is 1.43. The van der Waals surface area contributed by atoms with E-state index in [1.54, 1.807) is 13.0 Å². The fraction of sp³-hybridized carbons (Fsp3) is 0.312. The molecule has 0 unspecified atom stereocenters. The van der Waals surface area contributed by atoms with E-state index >= 15 is 0 Å². The van der Waals surface area contributed by atoms with Crippen molar-refractivity contribution >= 4 is 5.69 Å². The number of benzene rings is 1. The molecule has 110 valence electrons. The fourth-order valence-electron chi connectivity index (χ4n) is 2.19. The number of pyridine rings is 1. The first-order chi connectivity index (χ1) is 9.90. The van der Waals surface area contributed by atoms with Gasteiger partial charge in [-0.05, 0) is 30.0 Å². The smallest absolute Gasteiger partial charge is 0.303 e. The summed E-state index contributed by atoms with van der Waals surface area (Å²) in [7, 11) is 0. The number of hydrogen-bond donors (Lipinski definition) is 0. The SMILES string of the molecule is Cc1ccc([N+](=O)[O-])c(=O)n1Cc1ccc(C(C)C)cc1. The third-order valence-corrected chi connectivity index (χ3v) is 3.56. The maximum Gasteiger partial charge on any atom is 0.334 e. The Hall–Kier alpha value is -2.43. The summed E-state index contributed by atoms with van der Waals surface area (Å²) in [6, 6.07) is 10.8. The van der Waals surface area contributed by atoms with E-state index < -0.39 is 10.5 Å². The number of rotatable bonds is 4. The summed E-state index contributed by atoms with van der Waals surface area (Å²) >= 11 is 0. The van der Waals surface area contributed by atoms with Crippen molar-refractivity contribution in [1.82, 2.24) is 4.57 Å². The lowest BCUT2D eigenvalue weighted by molar-refractivity contribution is -0.386. The molecule has 0 aliphatic rings. The molecular formula is C16H18N2O3. The maximum atomic E-state index is 12.1. The highest BCUT2D eigenvalue weighted by Gasteiger charge is 2.15. The molecule has 5 nitrogen and oxygen atoms in total. The van der Waals surface area contributed by atoms with Gasteiger partial charge in [-0.15, -0.1) is 0 Å². The van der Waals surface area contributed by atoms with E-state index in [0.717, 1.165) is 5.56 Å². The number of aromatic nitrogens is 1. The Bertz CT molecular complexity index is 715. The van der Waals surface area contributed by atoms with E-state index in [0.29, 0.717) is 18.2 Å². The molecule has 2 rings (SSSR count). The number of nitro groups is 1. The summed E-state index contributed by atoms with van der Waals surface area (Å²) in [5.74, 6) is 0.446. The van der Waals surface area contributed by atoms with Crippen LogP contribution >= 0.6 is 0 Å². The van der Waals surface area contributed by atoms with Gasteiger partial charge in [-0.2, -0.15) is 0 Å².